The van der Waals surface area contributed by atoms with Crippen LogP contribution in [0.3, 0.4) is 0 Å². The molecule has 0 radical (unpaired) electrons. The summed E-state index contributed by atoms with van der Waals surface area (Å²) >= 11 is 0. The summed E-state index contributed by atoms with van der Waals surface area (Å²) in [5.41, 5.74) is 1.44. The van der Waals surface area contributed by atoms with Gasteiger partial charge in [0, 0.05) is 12.1 Å². The molecule has 0 saturated carbocycles. The molecule has 6 heteroatoms. The molecule has 0 spiro atoms. The number of hydrogen-bond donors (Lipinski definition) is 1. The maximum atomic E-state index is 13.2. The van der Waals surface area contributed by atoms with E-state index in [1.54, 1.807) is 36.3 Å². The minimum Gasteiger partial charge on any atom is -0.507 e. The van der Waals surface area contributed by atoms with Crippen molar-refractivity contribution in [2.45, 2.75) is 52.0 Å². The van der Waals surface area contributed by atoms with Gasteiger partial charge in [-0.25, -0.2) is 0 Å². The highest BCUT2D eigenvalue weighted by Gasteiger charge is 2.45. The zero-order valence-electron chi connectivity index (χ0n) is 21.2. The molecule has 6 nitrogen and oxygen atoms in total. The van der Waals surface area contributed by atoms with E-state index in [0.717, 1.165) is 57.3 Å². The highest BCUT2D eigenvalue weighted by atomic mass is 16.5. The van der Waals surface area contributed by atoms with Crippen molar-refractivity contribution in [3.63, 3.8) is 0 Å². The van der Waals surface area contributed by atoms with E-state index in [1.807, 2.05) is 30.3 Å². The molecule has 2 aromatic carbocycles. The third-order valence-electron chi connectivity index (χ3n) is 6.55. The first kappa shape index (κ1) is 26.5. The monoisotopic (exact) mass is 478 g/mol. The summed E-state index contributed by atoms with van der Waals surface area (Å²) in [7, 11) is 1.57. The lowest BCUT2D eigenvalue weighted by molar-refractivity contribution is -0.140. The van der Waals surface area contributed by atoms with Crippen LogP contribution in [0.15, 0.2) is 60.2 Å². The zero-order chi connectivity index (χ0) is 25.2. The number of likely N-dealkylation sites (tertiary alicyclic amines) is 1. The molecule has 0 unspecified atom stereocenters. The second kappa shape index (κ2) is 13.1. The van der Waals surface area contributed by atoms with Crippen molar-refractivity contribution < 1.29 is 19.4 Å². The third kappa shape index (κ3) is 6.51. The molecule has 1 fully saturated rings. The van der Waals surface area contributed by atoms with Crippen LogP contribution in [0.1, 0.15) is 63.1 Å². The van der Waals surface area contributed by atoms with E-state index < -0.39 is 17.7 Å². The van der Waals surface area contributed by atoms with Crippen LogP contribution < -0.4 is 4.74 Å². The Kier molecular flexibility index (Phi) is 9.91. The van der Waals surface area contributed by atoms with E-state index in [2.05, 4.69) is 18.7 Å². The molecule has 0 aliphatic carbocycles. The van der Waals surface area contributed by atoms with Crippen LogP contribution >= 0.6 is 0 Å². The van der Waals surface area contributed by atoms with Crippen molar-refractivity contribution in [2.24, 2.45) is 0 Å². The highest BCUT2D eigenvalue weighted by Crippen LogP contribution is 2.39. The highest BCUT2D eigenvalue weighted by molar-refractivity contribution is 6.46. The smallest absolute Gasteiger partial charge is 0.295 e. The minimum atomic E-state index is -0.638. The normalized spacial score (nSPS) is 17.4. The molecule has 2 aromatic rings. The first-order valence-electron chi connectivity index (χ1n) is 12.7. The summed E-state index contributed by atoms with van der Waals surface area (Å²) in [5.74, 6) is -0.698. The quantitative estimate of drug-likeness (QED) is 0.237. The number of hydrogen-bond acceptors (Lipinski definition) is 5. The van der Waals surface area contributed by atoms with Gasteiger partial charge in [0.25, 0.3) is 11.7 Å². The summed E-state index contributed by atoms with van der Waals surface area (Å²) in [6.45, 7) is 7.82. The van der Waals surface area contributed by atoms with Crippen molar-refractivity contribution in [3.05, 3.63) is 71.3 Å². The number of carbonyl (C=O) groups excluding carboxylic acids is 2. The number of ketones is 1. The number of aliphatic hydroxyl groups is 1. The van der Waals surface area contributed by atoms with E-state index in [0.29, 0.717) is 17.9 Å². The van der Waals surface area contributed by atoms with E-state index in [4.69, 9.17) is 4.74 Å². The van der Waals surface area contributed by atoms with E-state index in [-0.39, 0.29) is 11.3 Å². The van der Waals surface area contributed by atoms with Crippen molar-refractivity contribution in [1.29, 1.82) is 0 Å². The number of methoxy groups -OCH3 is 1. The van der Waals surface area contributed by atoms with Crippen LogP contribution in [-0.2, 0) is 9.59 Å². The Balaban J connectivity index is 1.88. The molecule has 1 amide bonds. The maximum Gasteiger partial charge on any atom is 0.295 e. The first-order valence-corrected chi connectivity index (χ1v) is 12.7. The zero-order valence-corrected chi connectivity index (χ0v) is 21.2. The molecular formula is C29H38N2O4. The summed E-state index contributed by atoms with van der Waals surface area (Å²) in [6.07, 6.45) is 5.37. The fourth-order valence-electron chi connectivity index (χ4n) is 4.56. The number of nitrogens with zero attached hydrogens (tertiary/aromatic N) is 2. The number of unbranched alkanes of at least 4 members (excludes halogenated alkanes) is 2. The topological polar surface area (TPSA) is 70.1 Å². The van der Waals surface area contributed by atoms with Gasteiger partial charge < -0.3 is 19.6 Å². The van der Waals surface area contributed by atoms with Crippen LogP contribution in [0.5, 0.6) is 5.75 Å². The largest absolute Gasteiger partial charge is 0.507 e. The molecule has 0 aromatic heterocycles. The Morgan fingerprint density at radius 2 is 1.51 bits per heavy atom. The second-order valence-electron chi connectivity index (χ2n) is 9.03. The third-order valence-corrected chi connectivity index (χ3v) is 6.55. The summed E-state index contributed by atoms with van der Waals surface area (Å²) < 4.78 is 5.20. The van der Waals surface area contributed by atoms with Crippen molar-refractivity contribution in [1.82, 2.24) is 9.80 Å². The number of carbonyl (C=O) groups is 2. The molecule has 3 rings (SSSR count). The predicted molar refractivity (Wildman–Crippen MR) is 139 cm³/mol. The van der Waals surface area contributed by atoms with Gasteiger partial charge in [-0.2, -0.15) is 0 Å². The number of aliphatic hydroxyl groups excluding tert-OH is 1. The van der Waals surface area contributed by atoms with Crippen LogP contribution in [0.2, 0.25) is 0 Å². The summed E-state index contributed by atoms with van der Waals surface area (Å²) in [5, 5.41) is 11.2. The van der Waals surface area contributed by atoms with Crippen LogP contribution in [-0.4, -0.2) is 59.9 Å². The SMILES string of the molecule is CCCCN(CCCC)CCCN1C(=O)C(=O)C(=C(O)c2ccc(OC)cc2)[C@@H]1c1ccccc1. The van der Waals surface area contributed by atoms with Gasteiger partial charge in [-0.1, -0.05) is 57.0 Å². The molecular weight excluding hydrogens is 440 g/mol. The maximum absolute atomic E-state index is 13.2. The Morgan fingerprint density at radius 1 is 0.914 bits per heavy atom. The van der Waals surface area contributed by atoms with Gasteiger partial charge in [-0.3, -0.25) is 9.59 Å². The standard InChI is InChI=1S/C29H38N2O4/c1-4-6-18-30(19-7-5-2)20-11-21-31-26(22-12-9-8-10-13-22)25(28(33)29(31)34)27(32)23-14-16-24(35-3)17-15-23/h8-10,12-17,26,32H,4-7,11,18-21H2,1-3H3/t26-/m0/s1. The van der Waals surface area contributed by atoms with Gasteiger partial charge in [0.05, 0.1) is 18.7 Å². The van der Waals surface area contributed by atoms with Gasteiger partial charge in [-0.05, 0) is 68.7 Å². The first-order chi connectivity index (χ1) is 17.0. The van der Waals surface area contributed by atoms with E-state index >= 15 is 0 Å². The molecule has 0 bridgehead atoms. The number of rotatable bonds is 13. The van der Waals surface area contributed by atoms with Crippen molar-refractivity contribution in [3.8, 4) is 5.75 Å². The number of ether oxygens (including phenoxy) is 1. The molecule has 1 aliphatic heterocycles. The molecule has 35 heavy (non-hydrogen) atoms. The average molecular weight is 479 g/mol. The molecule has 1 N–H and O–H groups in total. The molecule has 188 valence electrons. The van der Waals surface area contributed by atoms with E-state index in [9.17, 15) is 14.7 Å². The molecule has 1 aliphatic rings. The Labute approximate surface area is 209 Å². The van der Waals surface area contributed by atoms with Crippen LogP contribution in [0.25, 0.3) is 5.76 Å². The van der Waals surface area contributed by atoms with E-state index in [1.165, 1.54) is 0 Å². The molecule has 1 saturated heterocycles. The fourth-order valence-corrected chi connectivity index (χ4v) is 4.56. The lowest BCUT2D eigenvalue weighted by atomic mass is 9.95. The number of benzene rings is 2. The summed E-state index contributed by atoms with van der Waals surface area (Å²) in [6, 6.07) is 15.7. The lowest BCUT2D eigenvalue weighted by Crippen LogP contribution is -2.34. The summed E-state index contributed by atoms with van der Waals surface area (Å²) in [4.78, 5) is 30.4. The van der Waals surface area contributed by atoms with Gasteiger partial charge in [0.15, 0.2) is 0 Å². The number of Topliss-reactive ketones (excluding diaryl/α,β-unsaturated/α-hetero) is 1. The van der Waals surface area contributed by atoms with Crippen molar-refractivity contribution >= 4 is 17.4 Å². The fraction of sp³-hybridized carbons (Fsp3) is 0.448. The lowest BCUT2D eigenvalue weighted by Gasteiger charge is -2.27. The van der Waals surface area contributed by atoms with Gasteiger partial charge in [-0.15, -0.1) is 0 Å². The van der Waals surface area contributed by atoms with Gasteiger partial charge in [0.2, 0.25) is 0 Å². The minimum absolute atomic E-state index is 0.139. The average Bonchev–Trinajstić information content (AvgIpc) is 3.15. The number of amides is 1. The van der Waals surface area contributed by atoms with Gasteiger partial charge in [0.1, 0.15) is 11.5 Å². The van der Waals surface area contributed by atoms with Crippen molar-refractivity contribution in [2.75, 3.05) is 33.3 Å². The Morgan fingerprint density at radius 3 is 2.09 bits per heavy atom. The van der Waals surface area contributed by atoms with Crippen LogP contribution in [0, 0.1) is 0 Å². The molecule has 1 atom stereocenters. The van der Waals surface area contributed by atoms with Gasteiger partial charge >= 0.3 is 0 Å². The predicted octanol–water partition coefficient (Wildman–Crippen LogP) is 5.41. The van der Waals surface area contributed by atoms with Crippen LogP contribution in [0.4, 0.5) is 0 Å². The second-order valence-corrected chi connectivity index (χ2v) is 9.03. The Hall–Kier alpha value is -3.12. The Bertz CT molecular complexity index is 993. The molecule has 1 heterocycles.